The molecule has 5 nitrogen and oxygen atoms in total. The molecule has 1 aromatic heterocycles. The van der Waals surface area contributed by atoms with Crippen molar-refractivity contribution in [2.45, 2.75) is 25.7 Å². The fraction of sp³-hybridized carbons (Fsp3) is 0.286. The second-order valence-corrected chi connectivity index (χ2v) is 6.66. The number of hydrogen-bond acceptors (Lipinski definition) is 4. The Bertz CT molecular complexity index is 904. The molecule has 1 N–H and O–H groups in total. The van der Waals surface area contributed by atoms with Crippen molar-refractivity contribution in [1.29, 1.82) is 0 Å². The normalized spacial score (nSPS) is 13.9. The molecule has 0 bridgehead atoms. The van der Waals surface area contributed by atoms with Gasteiger partial charge in [-0.1, -0.05) is 30.3 Å². The van der Waals surface area contributed by atoms with E-state index in [1.807, 2.05) is 48.5 Å². The minimum absolute atomic E-state index is 0.0158. The van der Waals surface area contributed by atoms with Gasteiger partial charge in [0.2, 0.25) is 5.91 Å². The summed E-state index contributed by atoms with van der Waals surface area (Å²) >= 11 is 0. The standard InChI is InChI=1S/C21H22N4O/c26-20(11-8-16-6-2-1-3-7-16)24-17-9-10-18-19(14-17)22-15-23-21(18)25-12-4-5-13-25/h1-3,6-7,9-10,14-15H,4-5,8,11-13H2,(H,24,26). The predicted octanol–water partition coefficient (Wildman–Crippen LogP) is 3.80. The molecule has 2 heterocycles. The minimum atomic E-state index is 0.0158. The zero-order chi connectivity index (χ0) is 17.8. The number of hydrogen-bond donors (Lipinski definition) is 1. The molecule has 0 spiro atoms. The van der Waals surface area contributed by atoms with Crippen LogP contribution in [-0.4, -0.2) is 29.0 Å². The van der Waals surface area contributed by atoms with Crippen LogP contribution in [0.4, 0.5) is 11.5 Å². The van der Waals surface area contributed by atoms with Crippen LogP contribution in [0.15, 0.2) is 54.9 Å². The van der Waals surface area contributed by atoms with E-state index in [0.717, 1.165) is 41.9 Å². The van der Waals surface area contributed by atoms with Gasteiger partial charge in [0.15, 0.2) is 0 Å². The number of carbonyl (C=O) groups excluding carboxylic acids is 1. The summed E-state index contributed by atoms with van der Waals surface area (Å²) in [5.74, 6) is 1.01. The molecule has 1 aliphatic heterocycles. The lowest BCUT2D eigenvalue weighted by atomic mass is 10.1. The van der Waals surface area contributed by atoms with E-state index in [-0.39, 0.29) is 5.91 Å². The molecule has 0 unspecified atom stereocenters. The number of nitrogens with one attached hydrogen (secondary N) is 1. The number of rotatable bonds is 5. The third-order valence-electron chi connectivity index (χ3n) is 4.79. The van der Waals surface area contributed by atoms with Gasteiger partial charge in [0.25, 0.3) is 0 Å². The van der Waals surface area contributed by atoms with Crippen molar-refractivity contribution in [1.82, 2.24) is 9.97 Å². The van der Waals surface area contributed by atoms with Crippen LogP contribution in [0.2, 0.25) is 0 Å². The molecule has 132 valence electrons. The number of fused-ring (bicyclic) bond motifs is 1. The molecule has 5 heteroatoms. The molecule has 4 rings (SSSR count). The van der Waals surface area contributed by atoms with E-state index in [1.54, 1.807) is 6.33 Å². The molecular weight excluding hydrogens is 324 g/mol. The van der Waals surface area contributed by atoms with Crippen LogP contribution >= 0.6 is 0 Å². The summed E-state index contributed by atoms with van der Waals surface area (Å²) in [5.41, 5.74) is 2.81. The Morgan fingerprint density at radius 3 is 2.65 bits per heavy atom. The van der Waals surface area contributed by atoms with Gasteiger partial charge in [-0.15, -0.1) is 0 Å². The Morgan fingerprint density at radius 2 is 1.85 bits per heavy atom. The van der Waals surface area contributed by atoms with Crippen LogP contribution in [0.1, 0.15) is 24.8 Å². The highest BCUT2D eigenvalue weighted by molar-refractivity contribution is 5.96. The number of aryl methyl sites for hydroxylation is 1. The summed E-state index contributed by atoms with van der Waals surface area (Å²) < 4.78 is 0. The van der Waals surface area contributed by atoms with Gasteiger partial charge in [0, 0.05) is 30.6 Å². The molecule has 26 heavy (non-hydrogen) atoms. The maximum Gasteiger partial charge on any atom is 0.224 e. The smallest absolute Gasteiger partial charge is 0.224 e. The highest BCUT2D eigenvalue weighted by Gasteiger charge is 2.16. The fourth-order valence-electron chi connectivity index (χ4n) is 3.43. The highest BCUT2D eigenvalue weighted by atomic mass is 16.1. The Morgan fingerprint density at radius 1 is 1.04 bits per heavy atom. The van der Waals surface area contributed by atoms with E-state index >= 15 is 0 Å². The fourth-order valence-corrected chi connectivity index (χ4v) is 3.43. The molecule has 0 aliphatic carbocycles. The van der Waals surface area contributed by atoms with Gasteiger partial charge in [0.05, 0.1) is 5.52 Å². The van der Waals surface area contributed by atoms with Crippen molar-refractivity contribution in [3.05, 3.63) is 60.4 Å². The molecule has 3 aromatic rings. The monoisotopic (exact) mass is 346 g/mol. The minimum Gasteiger partial charge on any atom is -0.356 e. The van der Waals surface area contributed by atoms with Gasteiger partial charge in [-0.2, -0.15) is 0 Å². The van der Waals surface area contributed by atoms with E-state index in [9.17, 15) is 4.79 Å². The zero-order valence-corrected chi connectivity index (χ0v) is 14.7. The summed E-state index contributed by atoms with van der Waals surface area (Å²) in [6.45, 7) is 2.09. The van der Waals surface area contributed by atoms with Gasteiger partial charge in [-0.3, -0.25) is 4.79 Å². The van der Waals surface area contributed by atoms with Crippen molar-refractivity contribution >= 4 is 28.3 Å². The predicted molar refractivity (Wildman–Crippen MR) is 104 cm³/mol. The summed E-state index contributed by atoms with van der Waals surface area (Å²) in [4.78, 5) is 23.4. The van der Waals surface area contributed by atoms with Crippen LogP contribution < -0.4 is 10.2 Å². The van der Waals surface area contributed by atoms with Crippen LogP contribution in [0.5, 0.6) is 0 Å². The average Bonchev–Trinajstić information content (AvgIpc) is 3.21. The van der Waals surface area contributed by atoms with Crippen molar-refractivity contribution < 1.29 is 4.79 Å². The first kappa shape index (κ1) is 16.5. The van der Waals surface area contributed by atoms with Crippen LogP contribution in [0, 0.1) is 0 Å². The van der Waals surface area contributed by atoms with E-state index in [1.165, 1.54) is 18.4 Å². The Hall–Kier alpha value is -2.95. The average molecular weight is 346 g/mol. The van der Waals surface area contributed by atoms with Crippen molar-refractivity contribution in [2.24, 2.45) is 0 Å². The Balaban J connectivity index is 1.46. The van der Waals surface area contributed by atoms with Crippen LogP contribution in [0.25, 0.3) is 10.9 Å². The van der Waals surface area contributed by atoms with Gasteiger partial charge < -0.3 is 10.2 Å². The van der Waals surface area contributed by atoms with Gasteiger partial charge in [0.1, 0.15) is 12.1 Å². The summed E-state index contributed by atoms with van der Waals surface area (Å²) in [6.07, 6.45) is 5.23. The lowest BCUT2D eigenvalue weighted by Gasteiger charge is -2.18. The molecule has 1 saturated heterocycles. The Kier molecular flexibility index (Phi) is 4.78. The number of benzene rings is 2. The SMILES string of the molecule is O=C(CCc1ccccc1)Nc1ccc2c(N3CCCC3)ncnc2c1. The van der Waals surface area contributed by atoms with E-state index in [2.05, 4.69) is 20.2 Å². The van der Waals surface area contributed by atoms with Crippen molar-refractivity contribution in [3.63, 3.8) is 0 Å². The first-order valence-electron chi connectivity index (χ1n) is 9.13. The molecule has 0 atom stereocenters. The largest absolute Gasteiger partial charge is 0.356 e. The zero-order valence-electron chi connectivity index (χ0n) is 14.7. The van der Waals surface area contributed by atoms with Crippen molar-refractivity contribution in [3.8, 4) is 0 Å². The summed E-state index contributed by atoms with van der Waals surface area (Å²) in [5, 5.41) is 4.02. The summed E-state index contributed by atoms with van der Waals surface area (Å²) in [7, 11) is 0. The van der Waals surface area contributed by atoms with Gasteiger partial charge in [-0.25, -0.2) is 9.97 Å². The van der Waals surface area contributed by atoms with Crippen LogP contribution in [-0.2, 0) is 11.2 Å². The quantitative estimate of drug-likeness (QED) is 0.763. The number of amides is 1. The lowest BCUT2D eigenvalue weighted by molar-refractivity contribution is -0.116. The second-order valence-electron chi connectivity index (χ2n) is 6.66. The van der Waals surface area contributed by atoms with Crippen molar-refractivity contribution in [2.75, 3.05) is 23.3 Å². The molecule has 0 radical (unpaired) electrons. The molecule has 1 amide bonds. The van der Waals surface area contributed by atoms with Gasteiger partial charge in [-0.05, 0) is 43.0 Å². The number of aromatic nitrogens is 2. The van der Waals surface area contributed by atoms with Gasteiger partial charge >= 0.3 is 0 Å². The first-order valence-corrected chi connectivity index (χ1v) is 9.13. The van der Waals surface area contributed by atoms with E-state index < -0.39 is 0 Å². The molecule has 2 aromatic carbocycles. The van der Waals surface area contributed by atoms with E-state index in [4.69, 9.17) is 0 Å². The first-order chi connectivity index (χ1) is 12.8. The lowest BCUT2D eigenvalue weighted by Crippen LogP contribution is -2.19. The topological polar surface area (TPSA) is 58.1 Å². The second kappa shape index (κ2) is 7.52. The van der Waals surface area contributed by atoms with E-state index in [0.29, 0.717) is 6.42 Å². The number of carbonyl (C=O) groups is 1. The maximum absolute atomic E-state index is 12.2. The number of nitrogens with zero attached hydrogens (tertiary/aromatic N) is 3. The summed E-state index contributed by atoms with van der Waals surface area (Å²) in [6, 6.07) is 15.9. The molecule has 1 fully saturated rings. The maximum atomic E-state index is 12.2. The molecular formula is C21H22N4O. The highest BCUT2D eigenvalue weighted by Crippen LogP contribution is 2.27. The van der Waals surface area contributed by atoms with Crippen LogP contribution in [0.3, 0.4) is 0 Å². The number of anilines is 2. The third kappa shape index (κ3) is 3.67. The third-order valence-corrected chi connectivity index (χ3v) is 4.79. The molecule has 1 aliphatic rings. The molecule has 0 saturated carbocycles. The Labute approximate surface area is 153 Å².